The highest BCUT2D eigenvalue weighted by Gasteiger charge is 2.37. The van der Waals surface area contributed by atoms with Crippen molar-refractivity contribution in [2.75, 3.05) is 14.2 Å². The van der Waals surface area contributed by atoms with Crippen LogP contribution in [-0.2, 0) is 4.79 Å². The summed E-state index contributed by atoms with van der Waals surface area (Å²) in [5, 5.41) is 31.3. The molecular formula is C32H25N3O10. The number of nitro groups is 1. The number of benzene rings is 3. The van der Waals surface area contributed by atoms with E-state index in [9.17, 15) is 34.7 Å². The molecule has 0 amide bonds. The van der Waals surface area contributed by atoms with Gasteiger partial charge in [0, 0.05) is 12.1 Å². The number of H-pyrrole nitrogens is 2. The molecule has 4 N–H and O–H groups in total. The first-order valence-corrected chi connectivity index (χ1v) is 13.3. The van der Waals surface area contributed by atoms with Crippen molar-refractivity contribution < 1.29 is 34.1 Å². The number of nitrogens with one attached hydrogen (secondary N) is 2. The number of allylic oxidation sites excluding steroid dienone is 3. The zero-order chi connectivity index (χ0) is 32.2. The summed E-state index contributed by atoms with van der Waals surface area (Å²) in [5.41, 5.74) is -0.573. The third-order valence-corrected chi connectivity index (χ3v) is 6.96. The number of hydrogen-bond donors (Lipinski definition) is 4. The molecular weight excluding hydrogens is 586 g/mol. The highest BCUT2D eigenvalue weighted by molar-refractivity contribution is 6.09. The number of phenols is 2. The molecule has 1 atom stereocenters. The van der Waals surface area contributed by atoms with Crippen molar-refractivity contribution in [1.29, 1.82) is 0 Å². The van der Waals surface area contributed by atoms with Gasteiger partial charge in [-0.25, -0.2) is 4.79 Å². The third kappa shape index (κ3) is 6.22. The predicted molar refractivity (Wildman–Crippen MR) is 163 cm³/mol. The Kier molecular flexibility index (Phi) is 8.34. The first-order valence-electron chi connectivity index (χ1n) is 13.3. The van der Waals surface area contributed by atoms with Crippen molar-refractivity contribution in [3.63, 3.8) is 0 Å². The van der Waals surface area contributed by atoms with Crippen LogP contribution in [0.4, 0.5) is 5.69 Å². The number of phenolic OH excluding ortho intramolecular Hbond substituents is 2. The maximum Gasteiger partial charge on any atom is 0.328 e. The van der Waals surface area contributed by atoms with Crippen molar-refractivity contribution in [2.45, 2.75) is 5.92 Å². The van der Waals surface area contributed by atoms with Gasteiger partial charge in [0.05, 0.1) is 36.2 Å². The average Bonchev–Trinajstić information content (AvgIpc) is 3.03. The lowest BCUT2D eigenvalue weighted by Crippen LogP contribution is -2.33. The summed E-state index contributed by atoms with van der Waals surface area (Å²) < 4.78 is 16.3. The van der Waals surface area contributed by atoms with E-state index < -0.39 is 27.9 Å². The second kappa shape index (κ2) is 12.5. The number of aromatic amines is 2. The minimum absolute atomic E-state index is 0.0158. The number of aromatic hydroxyl groups is 2. The maximum atomic E-state index is 14.0. The van der Waals surface area contributed by atoms with Crippen LogP contribution in [0.25, 0.3) is 12.2 Å². The van der Waals surface area contributed by atoms with Crippen LogP contribution in [0.3, 0.4) is 0 Å². The summed E-state index contributed by atoms with van der Waals surface area (Å²) in [6.45, 7) is 0. The number of methoxy groups -OCH3 is 2. The molecule has 0 fully saturated rings. The standard InChI is InChI=1S/C32H25N3O10/c1-43-25-15-17(3-11-21(25)36)5-13-23(38)28-24(14-6-18-4-12-22(37)26(16-18)44-2)45-31-29(30(39)33-32(40)34-31)27(28)19-7-9-20(10-8-19)35(41)42/h3-16,27,36-37H,1-2H3,(H2,33,34,39,40)/b13-5+,14-6+. The van der Waals surface area contributed by atoms with E-state index >= 15 is 0 Å². The zero-order valence-corrected chi connectivity index (χ0v) is 23.8. The fraction of sp³-hybridized carbons (Fsp3) is 0.0938. The fourth-order valence-electron chi connectivity index (χ4n) is 4.81. The smallest absolute Gasteiger partial charge is 0.328 e. The molecule has 4 aromatic rings. The number of nitrogens with zero attached hydrogens (tertiary/aromatic N) is 1. The number of hydrogen-bond acceptors (Lipinski definition) is 10. The molecule has 5 rings (SSSR count). The minimum atomic E-state index is -1.13. The second-order valence-corrected chi connectivity index (χ2v) is 9.71. The number of non-ortho nitro benzene ring substituents is 1. The van der Waals surface area contributed by atoms with Crippen molar-refractivity contribution in [1.82, 2.24) is 9.97 Å². The zero-order valence-electron chi connectivity index (χ0n) is 23.8. The first-order chi connectivity index (χ1) is 21.6. The largest absolute Gasteiger partial charge is 0.504 e. The fourth-order valence-corrected chi connectivity index (χ4v) is 4.81. The van der Waals surface area contributed by atoms with Crippen molar-refractivity contribution in [2.24, 2.45) is 0 Å². The van der Waals surface area contributed by atoms with Gasteiger partial charge in [0.2, 0.25) is 5.88 Å². The summed E-state index contributed by atoms with van der Waals surface area (Å²) >= 11 is 0. The first kappa shape index (κ1) is 30.1. The van der Waals surface area contributed by atoms with Gasteiger partial charge < -0.3 is 24.4 Å². The van der Waals surface area contributed by atoms with Crippen molar-refractivity contribution in [3.05, 3.63) is 137 Å². The average molecular weight is 612 g/mol. The van der Waals surface area contributed by atoms with Crippen molar-refractivity contribution in [3.8, 4) is 28.9 Å². The van der Waals surface area contributed by atoms with E-state index in [-0.39, 0.29) is 51.5 Å². The molecule has 1 aromatic heterocycles. The Morgan fingerprint density at radius 3 is 2.07 bits per heavy atom. The Balaban J connectivity index is 1.71. The van der Waals surface area contributed by atoms with E-state index in [1.54, 1.807) is 24.3 Å². The number of carbonyl (C=O) groups is 1. The van der Waals surface area contributed by atoms with Crippen LogP contribution < -0.4 is 25.5 Å². The lowest BCUT2D eigenvalue weighted by atomic mass is 9.81. The summed E-state index contributed by atoms with van der Waals surface area (Å²) in [6, 6.07) is 14.3. The van der Waals surface area contributed by atoms with E-state index in [4.69, 9.17) is 14.2 Å². The van der Waals surface area contributed by atoms with E-state index in [1.165, 1.54) is 74.9 Å². The van der Waals surface area contributed by atoms with Gasteiger partial charge in [-0.2, -0.15) is 0 Å². The lowest BCUT2D eigenvalue weighted by molar-refractivity contribution is -0.384. The Hall–Kier alpha value is -6.37. The number of aromatic nitrogens is 2. The van der Waals surface area contributed by atoms with E-state index in [1.807, 2.05) is 0 Å². The number of rotatable bonds is 9. The van der Waals surface area contributed by atoms with Crippen LogP contribution in [0.1, 0.15) is 28.2 Å². The van der Waals surface area contributed by atoms with Crippen LogP contribution in [0.5, 0.6) is 28.9 Å². The molecule has 0 spiro atoms. The molecule has 0 aliphatic carbocycles. The maximum absolute atomic E-state index is 14.0. The van der Waals surface area contributed by atoms with Crippen LogP contribution >= 0.6 is 0 Å². The van der Waals surface area contributed by atoms with Crippen LogP contribution in [0.15, 0.2) is 93.7 Å². The molecule has 0 saturated carbocycles. The summed E-state index contributed by atoms with van der Waals surface area (Å²) in [4.78, 5) is 54.8. The van der Waals surface area contributed by atoms with Gasteiger partial charge in [0.25, 0.3) is 11.2 Å². The number of carbonyl (C=O) groups excluding carboxylic acids is 1. The molecule has 45 heavy (non-hydrogen) atoms. The highest BCUT2D eigenvalue weighted by atomic mass is 16.6. The summed E-state index contributed by atoms with van der Waals surface area (Å²) in [7, 11) is 2.77. The number of ether oxygens (including phenoxy) is 3. The molecule has 0 bridgehead atoms. The van der Waals surface area contributed by atoms with Gasteiger partial charge in [-0.3, -0.25) is 29.7 Å². The van der Waals surface area contributed by atoms with Crippen LogP contribution in [-0.4, -0.2) is 45.1 Å². The molecule has 2 heterocycles. The van der Waals surface area contributed by atoms with E-state index in [0.717, 1.165) is 0 Å². The van der Waals surface area contributed by atoms with Gasteiger partial charge in [-0.1, -0.05) is 36.4 Å². The Morgan fingerprint density at radius 2 is 1.49 bits per heavy atom. The topological polar surface area (TPSA) is 194 Å². The number of nitro benzene ring substituents is 1. The van der Waals surface area contributed by atoms with Crippen molar-refractivity contribution >= 4 is 23.6 Å². The normalized spacial score (nSPS) is 14.3. The second-order valence-electron chi connectivity index (χ2n) is 9.71. The quantitative estimate of drug-likeness (QED) is 0.121. The predicted octanol–water partition coefficient (Wildman–Crippen LogP) is 4.17. The van der Waals surface area contributed by atoms with Crippen LogP contribution in [0.2, 0.25) is 0 Å². The Labute approximate surface area is 254 Å². The summed E-state index contributed by atoms with van der Waals surface area (Å²) in [6.07, 6.45) is 5.74. The summed E-state index contributed by atoms with van der Waals surface area (Å²) in [5.74, 6) is -1.75. The van der Waals surface area contributed by atoms with Gasteiger partial charge in [-0.15, -0.1) is 0 Å². The lowest BCUT2D eigenvalue weighted by Gasteiger charge is -2.27. The van der Waals surface area contributed by atoms with E-state index in [0.29, 0.717) is 16.7 Å². The molecule has 1 aliphatic heterocycles. The molecule has 1 aliphatic rings. The molecule has 0 saturated heterocycles. The Bertz CT molecular complexity index is 2020. The van der Waals surface area contributed by atoms with Gasteiger partial charge in [-0.05, 0) is 53.1 Å². The molecule has 13 nitrogen and oxygen atoms in total. The number of ketones is 1. The molecule has 13 heteroatoms. The molecule has 3 aromatic carbocycles. The van der Waals surface area contributed by atoms with Gasteiger partial charge in [0.15, 0.2) is 28.8 Å². The monoisotopic (exact) mass is 611 g/mol. The molecule has 0 radical (unpaired) electrons. The number of fused-ring (bicyclic) bond motifs is 1. The van der Waals surface area contributed by atoms with Gasteiger partial charge >= 0.3 is 5.69 Å². The molecule has 228 valence electrons. The highest BCUT2D eigenvalue weighted by Crippen LogP contribution is 2.42. The third-order valence-electron chi connectivity index (χ3n) is 6.96. The minimum Gasteiger partial charge on any atom is -0.504 e. The SMILES string of the molecule is COc1cc(/C=C/C(=O)C2=C(/C=C/c3ccc(O)c(OC)c3)Oc3[nH]c(=O)[nH]c(=O)c3C2c2ccc([N+](=O)[O-])cc2)ccc1O. The Morgan fingerprint density at radius 1 is 0.889 bits per heavy atom. The van der Waals surface area contributed by atoms with Gasteiger partial charge in [0.1, 0.15) is 5.76 Å². The van der Waals surface area contributed by atoms with Crippen LogP contribution in [0, 0.1) is 10.1 Å². The molecule has 1 unspecified atom stereocenters. The van der Waals surface area contributed by atoms with E-state index in [2.05, 4.69) is 9.97 Å².